The average Bonchev–Trinajstić information content (AvgIpc) is 3.07. The molecule has 25 heavy (non-hydrogen) atoms. The molecule has 1 aromatic carbocycles. The highest BCUT2D eigenvalue weighted by Crippen LogP contribution is 2.20. The summed E-state index contributed by atoms with van der Waals surface area (Å²) in [6.07, 6.45) is 0.467. The predicted octanol–water partition coefficient (Wildman–Crippen LogP) is 1.45. The number of sulfone groups is 1. The zero-order valence-electron chi connectivity index (χ0n) is 14.9. The Balaban J connectivity index is 1.89. The first kappa shape index (κ1) is 17.6. The number of carbonyl (C=O) groups is 1. The molecule has 2 heterocycles. The normalized spacial score (nSPS) is 19.1. The lowest BCUT2D eigenvalue weighted by Gasteiger charge is -2.22. The van der Waals surface area contributed by atoms with E-state index < -0.39 is 9.84 Å². The molecule has 0 unspecified atom stereocenters. The van der Waals surface area contributed by atoms with E-state index in [1.807, 2.05) is 26.0 Å². The fraction of sp³-hybridized carbons (Fsp3) is 0.471. The maximum absolute atomic E-state index is 12.8. The molecular formula is C17H22N4O3S. The van der Waals surface area contributed by atoms with Gasteiger partial charge in [0.05, 0.1) is 22.9 Å². The number of amides is 1. The van der Waals surface area contributed by atoms with Crippen molar-refractivity contribution in [2.75, 3.05) is 18.6 Å². The van der Waals surface area contributed by atoms with E-state index in [0.717, 1.165) is 16.8 Å². The lowest BCUT2D eigenvalue weighted by molar-refractivity contribution is 0.0741. The number of aromatic nitrogens is 3. The molecule has 1 atom stereocenters. The Bertz CT molecular complexity index is 913. The summed E-state index contributed by atoms with van der Waals surface area (Å²) in [7, 11) is -1.42. The van der Waals surface area contributed by atoms with Crippen molar-refractivity contribution in [3.8, 4) is 5.69 Å². The number of benzene rings is 1. The first-order chi connectivity index (χ1) is 11.7. The van der Waals surface area contributed by atoms with Crippen molar-refractivity contribution in [1.29, 1.82) is 0 Å². The topological polar surface area (TPSA) is 85.2 Å². The van der Waals surface area contributed by atoms with Crippen LogP contribution in [-0.2, 0) is 9.84 Å². The van der Waals surface area contributed by atoms with Gasteiger partial charge in [-0.05, 0) is 50.5 Å². The van der Waals surface area contributed by atoms with Crippen LogP contribution in [0.5, 0.6) is 0 Å². The third-order valence-electron chi connectivity index (χ3n) is 4.62. The van der Waals surface area contributed by atoms with Gasteiger partial charge in [-0.25, -0.2) is 13.1 Å². The Kier molecular flexibility index (Phi) is 4.40. The number of aryl methyl sites for hydroxylation is 2. The number of carbonyl (C=O) groups excluding carboxylic acids is 1. The van der Waals surface area contributed by atoms with Crippen molar-refractivity contribution < 1.29 is 13.2 Å². The maximum atomic E-state index is 12.8. The second-order valence-electron chi connectivity index (χ2n) is 6.75. The van der Waals surface area contributed by atoms with Crippen molar-refractivity contribution in [2.45, 2.75) is 33.2 Å². The summed E-state index contributed by atoms with van der Waals surface area (Å²) in [6.45, 7) is 5.80. The van der Waals surface area contributed by atoms with Crippen LogP contribution >= 0.6 is 0 Å². The summed E-state index contributed by atoms with van der Waals surface area (Å²) in [5.41, 5.74) is 3.96. The smallest absolute Gasteiger partial charge is 0.276 e. The molecule has 134 valence electrons. The summed E-state index contributed by atoms with van der Waals surface area (Å²) in [6, 6.07) is 5.73. The standard InChI is InChI=1S/C17H22N4O3S/c1-11-7-12(2)9-15(8-11)21-13(3)16(18-19-21)17(22)20(4)14-5-6-25(23,24)10-14/h7-9,14H,5-6,10H2,1-4H3/t14-/m1/s1. The van der Waals surface area contributed by atoms with E-state index in [-0.39, 0.29) is 29.1 Å². The van der Waals surface area contributed by atoms with Crippen molar-refractivity contribution in [3.63, 3.8) is 0 Å². The maximum Gasteiger partial charge on any atom is 0.276 e. The van der Waals surface area contributed by atoms with Crippen LogP contribution in [-0.4, -0.2) is 58.8 Å². The van der Waals surface area contributed by atoms with Gasteiger partial charge in [0.2, 0.25) is 0 Å². The lowest BCUT2D eigenvalue weighted by Crippen LogP contribution is -2.38. The molecule has 2 aromatic rings. The van der Waals surface area contributed by atoms with Crippen LogP contribution in [0, 0.1) is 20.8 Å². The van der Waals surface area contributed by atoms with Crippen LogP contribution in [0.1, 0.15) is 33.7 Å². The highest BCUT2D eigenvalue weighted by atomic mass is 32.2. The molecule has 1 saturated heterocycles. The molecule has 1 fully saturated rings. The van der Waals surface area contributed by atoms with Gasteiger partial charge >= 0.3 is 0 Å². The molecule has 0 radical (unpaired) electrons. The Morgan fingerprint density at radius 1 is 1.20 bits per heavy atom. The van der Waals surface area contributed by atoms with E-state index in [2.05, 4.69) is 16.4 Å². The zero-order chi connectivity index (χ0) is 18.4. The van der Waals surface area contributed by atoms with E-state index in [0.29, 0.717) is 12.1 Å². The highest BCUT2D eigenvalue weighted by molar-refractivity contribution is 7.91. The largest absolute Gasteiger partial charge is 0.336 e. The van der Waals surface area contributed by atoms with Gasteiger partial charge in [-0.3, -0.25) is 4.79 Å². The second kappa shape index (κ2) is 6.25. The van der Waals surface area contributed by atoms with E-state index in [1.54, 1.807) is 18.7 Å². The summed E-state index contributed by atoms with van der Waals surface area (Å²) in [4.78, 5) is 14.2. The molecule has 0 spiro atoms. The number of rotatable bonds is 3. The minimum atomic E-state index is -3.05. The van der Waals surface area contributed by atoms with Gasteiger partial charge in [0.25, 0.3) is 5.91 Å². The molecule has 3 rings (SSSR count). The fourth-order valence-corrected chi connectivity index (χ4v) is 5.03. The zero-order valence-corrected chi connectivity index (χ0v) is 15.7. The summed E-state index contributed by atoms with van der Waals surface area (Å²) in [5, 5.41) is 8.18. The molecule has 0 bridgehead atoms. The quantitative estimate of drug-likeness (QED) is 0.825. The Morgan fingerprint density at radius 3 is 2.40 bits per heavy atom. The molecule has 0 saturated carbocycles. The van der Waals surface area contributed by atoms with E-state index in [1.165, 1.54) is 4.90 Å². The number of nitrogens with zero attached hydrogens (tertiary/aromatic N) is 4. The van der Waals surface area contributed by atoms with E-state index in [4.69, 9.17) is 0 Å². The fourth-order valence-electron chi connectivity index (χ4n) is 3.26. The van der Waals surface area contributed by atoms with Crippen molar-refractivity contribution >= 4 is 15.7 Å². The molecule has 7 nitrogen and oxygen atoms in total. The summed E-state index contributed by atoms with van der Waals surface area (Å²) >= 11 is 0. The molecule has 1 aliphatic rings. The van der Waals surface area contributed by atoms with E-state index >= 15 is 0 Å². The summed E-state index contributed by atoms with van der Waals surface area (Å²) < 4.78 is 25.0. The SMILES string of the molecule is Cc1cc(C)cc(-n2nnc(C(=O)N(C)[C@@H]3CCS(=O)(=O)C3)c2C)c1. The van der Waals surface area contributed by atoms with Gasteiger partial charge in [-0.2, -0.15) is 0 Å². The molecule has 0 N–H and O–H groups in total. The van der Waals surface area contributed by atoms with Gasteiger partial charge < -0.3 is 4.90 Å². The Labute approximate surface area is 147 Å². The van der Waals surface area contributed by atoms with Crippen LogP contribution in [0.4, 0.5) is 0 Å². The molecule has 0 aliphatic carbocycles. The molecule has 8 heteroatoms. The van der Waals surface area contributed by atoms with Crippen LogP contribution in [0.15, 0.2) is 18.2 Å². The van der Waals surface area contributed by atoms with Gasteiger partial charge in [0.15, 0.2) is 15.5 Å². The third-order valence-corrected chi connectivity index (χ3v) is 6.37. The van der Waals surface area contributed by atoms with Crippen molar-refractivity contribution in [1.82, 2.24) is 19.9 Å². The van der Waals surface area contributed by atoms with E-state index in [9.17, 15) is 13.2 Å². The predicted molar refractivity (Wildman–Crippen MR) is 94.7 cm³/mol. The molecule has 1 amide bonds. The van der Waals surface area contributed by atoms with Gasteiger partial charge in [-0.1, -0.05) is 11.3 Å². The van der Waals surface area contributed by atoms with Gasteiger partial charge in [-0.15, -0.1) is 5.10 Å². The molecule has 1 aromatic heterocycles. The first-order valence-electron chi connectivity index (χ1n) is 8.16. The first-order valence-corrected chi connectivity index (χ1v) is 9.98. The van der Waals surface area contributed by atoms with Crippen LogP contribution < -0.4 is 0 Å². The van der Waals surface area contributed by atoms with Crippen LogP contribution in [0.25, 0.3) is 5.69 Å². The number of hydrogen-bond acceptors (Lipinski definition) is 5. The monoisotopic (exact) mass is 362 g/mol. The molecule has 1 aliphatic heterocycles. The minimum absolute atomic E-state index is 0.0134. The Hall–Kier alpha value is -2.22. The number of hydrogen-bond donors (Lipinski definition) is 0. The van der Waals surface area contributed by atoms with Gasteiger partial charge in [0, 0.05) is 13.1 Å². The van der Waals surface area contributed by atoms with Crippen LogP contribution in [0.2, 0.25) is 0 Å². The van der Waals surface area contributed by atoms with Crippen molar-refractivity contribution in [3.05, 3.63) is 40.7 Å². The average molecular weight is 362 g/mol. The third kappa shape index (κ3) is 3.44. The van der Waals surface area contributed by atoms with Crippen molar-refractivity contribution in [2.24, 2.45) is 0 Å². The lowest BCUT2D eigenvalue weighted by atomic mass is 10.1. The Morgan fingerprint density at radius 2 is 1.84 bits per heavy atom. The summed E-state index contributed by atoms with van der Waals surface area (Å²) in [5.74, 6) is -0.154. The second-order valence-corrected chi connectivity index (χ2v) is 8.98. The highest BCUT2D eigenvalue weighted by Gasteiger charge is 2.34. The minimum Gasteiger partial charge on any atom is -0.336 e. The molecular weight excluding hydrogens is 340 g/mol. The van der Waals surface area contributed by atoms with Crippen LogP contribution in [0.3, 0.4) is 0 Å². The van der Waals surface area contributed by atoms with Gasteiger partial charge in [0.1, 0.15) is 0 Å².